The van der Waals surface area contributed by atoms with E-state index in [0.717, 1.165) is 35.0 Å². The summed E-state index contributed by atoms with van der Waals surface area (Å²) in [4.78, 5) is 36.2. The van der Waals surface area contributed by atoms with E-state index >= 15 is 0 Å². The fourth-order valence-electron chi connectivity index (χ4n) is 3.65. The molecule has 28 heavy (non-hydrogen) atoms. The minimum absolute atomic E-state index is 0.0554. The number of anilines is 1. The summed E-state index contributed by atoms with van der Waals surface area (Å²) in [5.41, 5.74) is 3.35. The Labute approximate surface area is 167 Å². The number of nitrogens with one attached hydrogen (secondary N) is 1. The van der Waals surface area contributed by atoms with Crippen LogP contribution in [0.3, 0.4) is 0 Å². The van der Waals surface area contributed by atoms with E-state index in [9.17, 15) is 9.59 Å². The number of amides is 2. The number of benzene rings is 1. The maximum Gasteiger partial charge on any atom is 0.255 e. The van der Waals surface area contributed by atoms with Crippen molar-refractivity contribution >= 4 is 39.2 Å². The number of aromatic nitrogens is 2. The van der Waals surface area contributed by atoms with Crippen molar-refractivity contribution in [1.82, 2.24) is 14.9 Å². The van der Waals surface area contributed by atoms with Gasteiger partial charge in [0.05, 0.1) is 22.7 Å². The van der Waals surface area contributed by atoms with Crippen LogP contribution in [0.5, 0.6) is 0 Å². The van der Waals surface area contributed by atoms with Crippen LogP contribution in [0, 0.1) is 19.8 Å². The lowest BCUT2D eigenvalue weighted by molar-refractivity contribution is -0.121. The fraction of sp³-hybridized carbons (Fsp3) is 0.333. The standard InChI is InChI=1S/C21H22N4O2S/c1-13-5-6-18-16(10-13)11-17(14(2)23-18)20(27)25-8-3-4-15(12-25)19(26)24-21-22-7-9-28-21/h5-7,9-11,15H,3-4,8,12H2,1-2H3,(H,22,24,26)/t15-/m1/s1. The lowest BCUT2D eigenvalue weighted by Crippen LogP contribution is -2.44. The molecule has 1 N–H and O–H groups in total. The van der Waals surface area contributed by atoms with Gasteiger partial charge >= 0.3 is 0 Å². The molecule has 0 spiro atoms. The van der Waals surface area contributed by atoms with Crippen molar-refractivity contribution in [2.45, 2.75) is 26.7 Å². The molecule has 0 aliphatic carbocycles. The van der Waals surface area contributed by atoms with Crippen LogP contribution in [0.2, 0.25) is 0 Å². The Balaban J connectivity index is 1.53. The third kappa shape index (κ3) is 3.75. The maximum absolute atomic E-state index is 13.2. The molecule has 144 valence electrons. The van der Waals surface area contributed by atoms with E-state index in [1.807, 2.05) is 43.5 Å². The predicted molar refractivity (Wildman–Crippen MR) is 111 cm³/mol. The normalized spacial score (nSPS) is 16.9. The summed E-state index contributed by atoms with van der Waals surface area (Å²) in [6, 6.07) is 7.96. The predicted octanol–water partition coefficient (Wildman–Crippen LogP) is 3.80. The second kappa shape index (κ2) is 7.67. The number of fused-ring (bicyclic) bond motifs is 1. The number of hydrogen-bond donors (Lipinski definition) is 1. The Hall–Kier alpha value is -2.80. The van der Waals surface area contributed by atoms with E-state index in [0.29, 0.717) is 23.8 Å². The topological polar surface area (TPSA) is 75.2 Å². The largest absolute Gasteiger partial charge is 0.338 e. The van der Waals surface area contributed by atoms with Gasteiger partial charge in [0.2, 0.25) is 5.91 Å². The molecule has 4 rings (SSSR count). The van der Waals surface area contributed by atoms with E-state index < -0.39 is 0 Å². The molecule has 1 atom stereocenters. The first-order chi connectivity index (χ1) is 13.5. The minimum Gasteiger partial charge on any atom is -0.338 e. The van der Waals surface area contributed by atoms with Gasteiger partial charge in [-0.05, 0) is 44.9 Å². The second-order valence-electron chi connectivity index (χ2n) is 7.23. The Morgan fingerprint density at radius 1 is 1.25 bits per heavy atom. The summed E-state index contributed by atoms with van der Waals surface area (Å²) >= 11 is 1.39. The van der Waals surface area contributed by atoms with E-state index in [4.69, 9.17) is 0 Å². The molecular weight excluding hydrogens is 372 g/mol. The van der Waals surface area contributed by atoms with Gasteiger partial charge in [0.1, 0.15) is 0 Å². The number of aryl methyl sites for hydroxylation is 2. The zero-order chi connectivity index (χ0) is 19.7. The van der Waals surface area contributed by atoms with E-state index in [1.54, 1.807) is 11.1 Å². The van der Waals surface area contributed by atoms with Crippen LogP contribution in [0.15, 0.2) is 35.8 Å². The molecule has 6 nitrogen and oxygen atoms in total. The number of thiazole rings is 1. The first-order valence-corrected chi connectivity index (χ1v) is 10.3. The van der Waals surface area contributed by atoms with Gasteiger partial charge in [0, 0.05) is 30.1 Å². The molecule has 1 aliphatic rings. The highest BCUT2D eigenvalue weighted by atomic mass is 32.1. The lowest BCUT2D eigenvalue weighted by Gasteiger charge is -2.32. The summed E-state index contributed by atoms with van der Waals surface area (Å²) in [6.07, 6.45) is 3.24. The highest BCUT2D eigenvalue weighted by Gasteiger charge is 2.30. The third-order valence-electron chi connectivity index (χ3n) is 5.13. The number of nitrogens with zero attached hydrogens (tertiary/aromatic N) is 3. The van der Waals surface area contributed by atoms with Crippen molar-refractivity contribution in [3.8, 4) is 0 Å². The number of carbonyl (C=O) groups excluding carboxylic acids is 2. The SMILES string of the molecule is Cc1ccc2nc(C)c(C(=O)N3CCC[C@@H](C(=O)Nc4nccs4)C3)cc2c1. The van der Waals surface area contributed by atoms with Gasteiger partial charge in [-0.2, -0.15) is 0 Å². The Bertz CT molecular complexity index is 1030. The molecule has 3 aromatic rings. The molecule has 1 saturated heterocycles. The molecule has 3 heterocycles. The number of carbonyl (C=O) groups is 2. The molecule has 0 bridgehead atoms. The summed E-state index contributed by atoms with van der Waals surface area (Å²) in [6.45, 7) is 4.96. The number of likely N-dealkylation sites (tertiary alicyclic amines) is 1. The fourth-order valence-corrected chi connectivity index (χ4v) is 4.18. The van der Waals surface area contributed by atoms with E-state index in [1.165, 1.54) is 11.3 Å². The Kier molecular flexibility index (Phi) is 5.09. The summed E-state index contributed by atoms with van der Waals surface area (Å²) in [5, 5.41) is 6.23. The average Bonchev–Trinajstić information content (AvgIpc) is 3.20. The highest BCUT2D eigenvalue weighted by molar-refractivity contribution is 7.13. The van der Waals surface area contributed by atoms with Gasteiger partial charge in [0.25, 0.3) is 5.91 Å². The molecule has 1 aromatic carbocycles. The van der Waals surface area contributed by atoms with E-state index in [2.05, 4.69) is 15.3 Å². The maximum atomic E-state index is 13.2. The average molecular weight is 395 g/mol. The number of pyridine rings is 1. The molecule has 0 unspecified atom stereocenters. The zero-order valence-electron chi connectivity index (χ0n) is 15.9. The smallest absolute Gasteiger partial charge is 0.255 e. The van der Waals surface area contributed by atoms with Gasteiger partial charge in [-0.1, -0.05) is 11.6 Å². The first-order valence-electron chi connectivity index (χ1n) is 9.39. The molecule has 1 aliphatic heterocycles. The van der Waals surface area contributed by atoms with E-state index in [-0.39, 0.29) is 17.7 Å². The van der Waals surface area contributed by atoms with Crippen molar-refractivity contribution in [2.75, 3.05) is 18.4 Å². The lowest BCUT2D eigenvalue weighted by atomic mass is 9.96. The molecule has 0 saturated carbocycles. The van der Waals surface area contributed by atoms with Gasteiger partial charge in [-0.3, -0.25) is 14.6 Å². The third-order valence-corrected chi connectivity index (χ3v) is 5.82. The van der Waals surface area contributed by atoms with Crippen LogP contribution in [0.1, 0.15) is 34.5 Å². The van der Waals surface area contributed by atoms with Crippen LogP contribution in [-0.4, -0.2) is 39.8 Å². The van der Waals surface area contributed by atoms with Crippen LogP contribution in [0.25, 0.3) is 10.9 Å². The number of rotatable bonds is 3. The number of piperidine rings is 1. The van der Waals surface area contributed by atoms with Gasteiger partial charge < -0.3 is 10.2 Å². The number of hydrogen-bond acceptors (Lipinski definition) is 5. The molecule has 2 aromatic heterocycles. The van der Waals surface area contributed by atoms with Gasteiger partial charge in [-0.25, -0.2) is 4.98 Å². The summed E-state index contributed by atoms with van der Waals surface area (Å²) in [5.74, 6) is -0.353. The van der Waals surface area contributed by atoms with Crippen molar-refractivity contribution in [3.63, 3.8) is 0 Å². The van der Waals surface area contributed by atoms with Crippen molar-refractivity contribution in [2.24, 2.45) is 5.92 Å². The minimum atomic E-state index is -0.224. The molecule has 7 heteroatoms. The van der Waals surface area contributed by atoms with Crippen LogP contribution in [0.4, 0.5) is 5.13 Å². The van der Waals surface area contributed by atoms with Crippen LogP contribution < -0.4 is 5.32 Å². The van der Waals surface area contributed by atoms with Gasteiger partial charge in [0.15, 0.2) is 5.13 Å². The van der Waals surface area contributed by atoms with Gasteiger partial charge in [-0.15, -0.1) is 11.3 Å². The Morgan fingerprint density at radius 2 is 2.11 bits per heavy atom. The van der Waals surface area contributed by atoms with Crippen LogP contribution >= 0.6 is 11.3 Å². The summed E-state index contributed by atoms with van der Waals surface area (Å²) < 4.78 is 0. The zero-order valence-corrected chi connectivity index (χ0v) is 16.8. The summed E-state index contributed by atoms with van der Waals surface area (Å²) in [7, 11) is 0. The second-order valence-corrected chi connectivity index (χ2v) is 8.13. The van der Waals surface area contributed by atoms with Crippen molar-refractivity contribution in [1.29, 1.82) is 0 Å². The van der Waals surface area contributed by atoms with Crippen LogP contribution in [-0.2, 0) is 4.79 Å². The first kappa shape index (κ1) is 18.6. The molecule has 2 amide bonds. The van der Waals surface area contributed by atoms with Crippen molar-refractivity contribution in [3.05, 3.63) is 52.7 Å². The molecule has 0 radical (unpaired) electrons. The molecule has 1 fully saturated rings. The quantitative estimate of drug-likeness (QED) is 0.733. The van der Waals surface area contributed by atoms with Crippen molar-refractivity contribution < 1.29 is 9.59 Å². The monoisotopic (exact) mass is 394 g/mol. The molecular formula is C21H22N4O2S. The Morgan fingerprint density at radius 3 is 2.89 bits per heavy atom. The highest BCUT2D eigenvalue weighted by Crippen LogP contribution is 2.24.